The highest BCUT2D eigenvalue weighted by atomic mass is 16.4. The number of aromatic nitrogens is 13. The van der Waals surface area contributed by atoms with Crippen molar-refractivity contribution >= 4 is 54.9 Å². The summed E-state index contributed by atoms with van der Waals surface area (Å²) in [6, 6.07) is 157. The molecule has 0 aliphatic rings. The van der Waals surface area contributed by atoms with Gasteiger partial charge in [-0.25, -0.2) is 15.0 Å². The van der Waals surface area contributed by atoms with Crippen LogP contribution in [0.4, 0.5) is 0 Å². The van der Waals surface area contributed by atoms with E-state index in [1.807, 2.05) is 115 Å². The molecule has 0 amide bonds. The van der Waals surface area contributed by atoms with Gasteiger partial charge in [-0.2, -0.15) is 0 Å². The van der Waals surface area contributed by atoms with Gasteiger partial charge in [-0.1, -0.05) is 357 Å². The Kier molecular flexibility index (Phi) is 24.2. The second kappa shape index (κ2) is 38.3. The van der Waals surface area contributed by atoms with E-state index >= 15 is 0 Å². The summed E-state index contributed by atoms with van der Waals surface area (Å²) in [4.78, 5) is 25.7. The molecule has 17 aromatic carbocycles. The number of rotatable bonds is 15. The molecule has 0 aliphatic heterocycles. The normalized spacial score (nSPS) is 11.5. The molecule has 0 saturated carbocycles. The van der Waals surface area contributed by atoms with Crippen LogP contribution in [0, 0.1) is 13.8 Å². The SMILES string of the molecule is CC(C)(C)c1ccc(-c2nnc(-c3ccc(-c4ccccc4)cc3)n2-c2ccccc2)cc1.CC(C)(C)c1ccc(-c2nnc(-c3ccc(-c4ccccc4)cc3)o2)cc1.Cc1cc(-c2ccccc2)c2ccc3c(-c4ccccc4)cc(C)nc3c2n1.c1ccc(-n2c(-c3cc(-c4nc5ccccc5n4-c4ccccc4)cc(-c4nc5ccccc5n4-c4ccccc4)c3)nc3ccccc32)cc1. The maximum absolute atomic E-state index is 5.90. The van der Waals surface area contributed by atoms with Crippen molar-refractivity contribution < 1.29 is 4.42 Å². The molecule has 0 bridgehead atoms. The Morgan fingerprint density at radius 3 is 0.770 bits per heavy atom. The summed E-state index contributed by atoms with van der Waals surface area (Å²) in [5.41, 5.74) is 33.2. The van der Waals surface area contributed by atoms with Crippen molar-refractivity contribution in [3.8, 4) is 147 Å². The van der Waals surface area contributed by atoms with Crippen molar-refractivity contribution in [2.75, 3.05) is 0 Å². The maximum atomic E-state index is 5.90. The molecular weight excluding hydrogens is 1700 g/mol. The molecule has 14 heteroatoms. The Balaban J connectivity index is 0.000000115. The van der Waals surface area contributed by atoms with E-state index in [1.165, 1.54) is 50.1 Å². The Morgan fingerprint density at radius 2 is 0.453 bits per heavy atom. The first-order valence-electron chi connectivity index (χ1n) is 47.0. The van der Waals surface area contributed by atoms with Gasteiger partial charge in [0.15, 0.2) is 11.6 Å². The zero-order valence-electron chi connectivity index (χ0n) is 78.5. The highest BCUT2D eigenvalue weighted by Gasteiger charge is 2.26. The molecule has 0 fully saturated rings. The first-order chi connectivity index (χ1) is 68.0. The van der Waals surface area contributed by atoms with Crippen LogP contribution in [0.2, 0.25) is 0 Å². The Bertz CT molecular complexity index is 8010. The number of aryl methyl sites for hydroxylation is 2. The molecule has 0 atom stereocenters. The van der Waals surface area contributed by atoms with E-state index < -0.39 is 0 Å². The first kappa shape index (κ1) is 87.9. The number of benzene rings is 17. The molecule has 7 heterocycles. The lowest BCUT2D eigenvalue weighted by Gasteiger charge is -2.19. The molecule has 24 rings (SSSR count). The molecule has 24 aromatic rings. The number of para-hydroxylation sites is 10. The Labute approximate surface area is 808 Å². The fourth-order valence-corrected chi connectivity index (χ4v) is 18.2. The summed E-state index contributed by atoms with van der Waals surface area (Å²) in [5.74, 6) is 5.27. The molecule has 0 saturated heterocycles. The van der Waals surface area contributed by atoms with Crippen LogP contribution in [0.15, 0.2) is 459 Å². The molecule has 670 valence electrons. The molecule has 0 unspecified atom stereocenters. The molecule has 139 heavy (non-hydrogen) atoms. The van der Waals surface area contributed by atoms with Crippen LogP contribution in [-0.4, -0.2) is 63.6 Å². The predicted octanol–water partition coefficient (Wildman–Crippen LogP) is 31.4. The minimum atomic E-state index is 0.108. The van der Waals surface area contributed by atoms with Crippen molar-refractivity contribution in [3.05, 3.63) is 477 Å². The van der Waals surface area contributed by atoms with E-state index in [0.717, 1.165) is 163 Å². The maximum Gasteiger partial charge on any atom is 0.248 e. The minimum Gasteiger partial charge on any atom is -0.416 e. The molecular formula is C125H99N13O. The van der Waals surface area contributed by atoms with Crippen LogP contribution in [0.5, 0.6) is 0 Å². The molecule has 7 aromatic heterocycles. The second-order valence-corrected chi connectivity index (χ2v) is 36.8. The van der Waals surface area contributed by atoms with Crippen LogP contribution in [0.3, 0.4) is 0 Å². The number of hydrogen-bond donors (Lipinski definition) is 0. The van der Waals surface area contributed by atoms with Crippen LogP contribution < -0.4 is 0 Å². The van der Waals surface area contributed by atoms with Gasteiger partial charge in [0.1, 0.15) is 17.5 Å². The topological polar surface area (TPSA) is 149 Å². The Hall–Kier alpha value is -17.8. The third-order valence-corrected chi connectivity index (χ3v) is 25.2. The number of imidazole rings is 3. The second-order valence-electron chi connectivity index (χ2n) is 36.8. The summed E-state index contributed by atoms with van der Waals surface area (Å²) in [6.45, 7) is 17.4. The quantitative estimate of drug-likeness (QED) is 0.0908. The van der Waals surface area contributed by atoms with Crippen molar-refractivity contribution in [2.24, 2.45) is 0 Å². The molecule has 0 aliphatic carbocycles. The zero-order chi connectivity index (χ0) is 94.5. The lowest BCUT2D eigenvalue weighted by atomic mass is 9.86. The van der Waals surface area contributed by atoms with Crippen LogP contribution in [0.25, 0.3) is 202 Å². The van der Waals surface area contributed by atoms with Crippen LogP contribution >= 0.6 is 0 Å². The number of fused-ring (bicyclic) bond motifs is 6. The average molecular weight is 1800 g/mol. The van der Waals surface area contributed by atoms with Crippen molar-refractivity contribution in [3.63, 3.8) is 0 Å². The molecule has 14 nitrogen and oxygen atoms in total. The predicted molar refractivity (Wildman–Crippen MR) is 570 cm³/mol. The van der Waals surface area contributed by atoms with E-state index in [4.69, 9.17) is 29.3 Å². The number of pyridine rings is 2. The van der Waals surface area contributed by atoms with Gasteiger partial charge in [-0.3, -0.25) is 28.2 Å². The van der Waals surface area contributed by atoms with E-state index in [-0.39, 0.29) is 10.8 Å². The lowest BCUT2D eigenvalue weighted by Crippen LogP contribution is -2.10. The van der Waals surface area contributed by atoms with Crippen LogP contribution in [0.1, 0.15) is 64.1 Å². The van der Waals surface area contributed by atoms with Gasteiger partial charge in [0.25, 0.3) is 0 Å². The third kappa shape index (κ3) is 18.4. The standard InChI is InChI=1S/C45H30N6.C30H27N3.C26H20N2.C24H22N2O/c1-4-16-34(17-5-1)49-40-25-13-10-22-37(40)46-43(49)31-28-32(44-47-38-23-11-14-26-41(38)50(44)35-18-6-2-7-19-35)30-33(29-31)45-48-39-24-12-15-27-42(39)51(45)36-20-8-3-9-21-36;1-30(2,3)26-20-18-25(19-21-26)29-32-31-28(33(29)27-12-8-5-9-13-27)24-16-14-23(15-17-24)22-10-6-4-7-11-22;1-17-15-23(19-9-5-3-6-10-19)21-13-14-22-24(20-11-7-4-8-12-20)16-18(2)28-26(22)25(21)27-17;1-24(2,3)21-15-13-20(14-16-21)23-26-25-22(27-23)19-11-9-18(10-12-19)17-7-5-4-6-8-17/h1-30H;4-21H,1-3H3;3-16H,1-2H3;4-16H,1-3H3. The molecule has 0 radical (unpaired) electrons. The smallest absolute Gasteiger partial charge is 0.248 e. The van der Waals surface area contributed by atoms with E-state index in [1.54, 1.807) is 0 Å². The average Bonchev–Trinajstić information content (AvgIpc) is 1.58. The van der Waals surface area contributed by atoms with Gasteiger partial charge in [0, 0.05) is 83.9 Å². The number of hydrogen-bond acceptors (Lipinski definition) is 10. The highest BCUT2D eigenvalue weighted by Crippen LogP contribution is 2.43. The molecule has 0 spiro atoms. The van der Waals surface area contributed by atoms with E-state index in [2.05, 4.69) is 434 Å². The van der Waals surface area contributed by atoms with E-state index in [9.17, 15) is 0 Å². The van der Waals surface area contributed by atoms with Gasteiger partial charge in [-0.05, 0) is 220 Å². The van der Waals surface area contributed by atoms with Crippen LogP contribution in [-0.2, 0) is 10.8 Å². The largest absolute Gasteiger partial charge is 0.416 e. The molecule has 0 N–H and O–H groups in total. The summed E-state index contributed by atoms with van der Waals surface area (Å²) in [6.07, 6.45) is 0. The third-order valence-electron chi connectivity index (χ3n) is 25.2. The van der Waals surface area contributed by atoms with Gasteiger partial charge in [0.05, 0.1) is 44.1 Å². The zero-order valence-corrected chi connectivity index (χ0v) is 78.5. The minimum absolute atomic E-state index is 0.108. The van der Waals surface area contributed by atoms with Crippen molar-refractivity contribution in [1.29, 1.82) is 0 Å². The summed E-state index contributed by atoms with van der Waals surface area (Å²) < 4.78 is 14.8. The summed E-state index contributed by atoms with van der Waals surface area (Å²) in [5, 5.41) is 20.0. The fourth-order valence-electron chi connectivity index (χ4n) is 18.2. The van der Waals surface area contributed by atoms with Crippen molar-refractivity contribution in [1.82, 2.24) is 63.6 Å². The van der Waals surface area contributed by atoms with Crippen molar-refractivity contribution in [2.45, 2.75) is 66.2 Å². The van der Waals surface area contributed by atoms with Gasteiger partial charge in [0.2, 0.25) is 11.8 Å². The summed E-state index contributed by atoms with van der Waals surface area (Å²) >= 11 is 0. The number of nitrogens with zero attached hydrogens (tertiary/aromatic N) is 13. The van der Waals surface area contributed by atoms with Gasteiger partial charge >= 0.3 is 0 Å². The first-order valence-corrected chi connectivity index (χ1v) is 47.0. The Morgan fingerprint density at radius 1 is 0.201 bits per heavy atom. The van der Waals surface area contributed by atoms with Gasteiger partial charge < -0.3 is 4.42 Å². The highest BCUT2D eigenvalue weighted by molar-refractivity contribution is 6.12. The lowest BCUT2D eigenvalue weighted by molar-refractivity contribution is 0.582. The van der Waals surface area contributed by atoms with Gasteiger partial charge in [-0.15, -0.1) is 20.4 Å². The fraction of sp³-hybridized carbons (Fsp3) is 0.0800. The van der Waals surface area contributed by atoms with E-state index in [0.29, 0.717) is 11.8 Å². The summed E-state index contributed by atoms with van der Waals surface area (Å²) in [7, 11) is 0. The monoisotopic (exact) mass is 1800 g/mol.